The van der Waals surface area contributed by atoms with Crippen LogP contribution in [-0.4, -0.2) is 62.6 Å². The van der Waals surface area contributed by atoms with Crippen LogP contribution < -0.4 is 5.32 Å². The highest BCUT2D eigenvalue weighted by atomic mass is 32.2. The second-order valence-electron chi connectivity index (χ2n) is 6.49. The van der Waals surface area contributed by atoms with E-state index < -0.39 is 27.3 Å². The van der Waals surface area contributed by atoms with Crippen LogP contribution in [0.2, 0.25) is 0 Å². The van der Waals surface area contributed by atoms with E-state index in [1.54, 1.807) is 26.0 Å². The predicted octanol–water partition coefficient (Wildman–Crippen LogP) is 1.33. The van der Waals surface area contributed by atoms with E-state index in [0.717, 1.165) is 0 Å². The van der Waals surface area contributed by atoms with Crippen LogP contribution in [0.4, 0.5) is 0 Å². The standard InChI is InChI=1S/C18H26N2O6S/c1-3-18(4-2,17(22)23)13-19-16(21)14-7-5-6-8-15(14)27(24,25)20-9-11-26-12-10-20/h5-8H,3-4,9-13H2,1-2H3,(H,19,21)(H,22,23). The summed E-state index contributed by atoms with van der Waals surface area (Å²) in [6, 6.07) is 5.97. The minimum Gasteiger partial charge on any atom is -0.481 e. The Hall–Kier alpha value is -1.97. The Labute approximate surface area is 159 Å². The molecule has 2 rings (SSSR count). The second-order valence-corrected chi connectivity index (χ2v) is 8.39. The lowest BCUT2D eigenvalue weighted by atomic mass is 9.82. The average Bonchev–Trinajstić information content (AvgIpc) is 2.69. The number of nitrogens with one attached hydrogen (secondary N) is 1. The smallest absolute Gasteiger partial charge is 0.311 e. The Morgan fingerprint density at radius 1 is 1.19 bits per heavy atom. The number of carboxylic acids is 1. The maximum absolute atomic E-state index is 12.9. The maximum atomic E-state index is 12.9. The average molecular weight is 398 g/mol. The molecule has 0 atom stereocenters. The van der Waals surface area contributed by atoms with Gasteiger partial charge in [-0.2, -0.15) is 4.31 Å². The van der Waals surface area contributed by atoms with Gasteiger partial charge in [-0.3, -0.25) is 9.59 Å². The van der Waals surface area contributed by atoms with Crippen LogP contribution in [0, 0.1) is 5.41 Å². The fraction of sp³-hybridized carbons (Fsp3) is 0.556. The summed E-state index contributed by atoms with van der Waals surface area (Å²) < 4.78 is 32.3. The van der Waals surface area contributed by atoms with E-state index in [2.05, 4.69) is 5.32 Å². The number of amides is 1. The highest BCUT2D eigenvalue weighted by Gasteiger charge is 2.36. The number of hydrogen-bond donors (Lipinski definition) is 2. The Kier molecular flexibility index (Phi) is 6.96. The van der Waals surface area contributed by atoms with E-state index in [1.807, 2.05) is 0 Å². The van der Waals surface area contributed by atoms with Crippen molar-refractivity contribution < 1.29 is 27.9 Å². The summed E-state index contributed by atoms with van der Waals surface area (Å²) in [5.74, 6) is -1.59. The third kappa shape index (κ3) is 4.48. The fourth-order valence-corrected chi connectivity index (χ4v) is 4.63. The summed E-state index contributed by atoms with van der Waals surface area (Å²) in [5, 5.41) is 12.1. The van der Waals surface area contributed by atoms with Crippen molar-refractivity contribution in [2.45, 2.75) is 31.6 Å². The zero-order chi connectivity index (χ0) is 20.1. The molecule has 27 heavy (non-hydrogen) atoms. The minimum atomic E-state index is -3.84. The van der Waals surface area contributed by atoms with Gasteiger partial charge in [-0.25, -0.2) is 8.42 Å². The first-order valence-corrected chi connectivity index (χ1v) is 10.4. The van der Waals surface area contributed by atoms with Gasteiger partial charge in [0.05, 0.1) is 29.1 Å². The van der Waals surface area contributed by atoms with Gasteiger partial charge in [0.25, 0.3) is 5.91 Å². The number of carbonyl (C=O) groups is 2. The molecule has 8 nitrogen and oxygen atoms in total. The topological polar surface area (TPSA) is 113 Å². The van der Waals surface area contributed by atoms with Crippen LogP contribution in [0.25, 0.3) is 0 Å². The summed E-state index contributed by atoms with van der Waals surface area (Å²) in [4.78, 5) is 24.2. The van der Waals surface area contributed by atoms with Crippen molar-refractivity contribution in [2.24, 2.45) is 5.41 Å². The molecule has 0 bridgehead atoms. The van der Waals surface area contributed by atoms with Gasteiger partial charge in [-0.05, 0) is 25.0 Å². The van der Waals surface area contributed by atoms with E-state index >= 15 is 0 Å². The molecule has 9 heteroatoms. The Bertz CT molecular complexity index is 783. The molecule has 1 saturated heterocycles. The van der Waals surface area contributed by atoms with E-state index in [1.165, 1.54) is 16.4 Å². The largest absolute Gasteiger partial charge is 0.481 e. The van der Waals surface area contributed by atoms with Crippen molar-refractivity contribution in [3.05, 3.63) is 29.8 Å². The Morgan fingerprint density at radius 3 is 2.33 bits per heavy atom. The molecular formula is C18H26N2O6S. The van der Waals surface area contributed by atoms with Gasteiger partial charge in [-0.1, -0.05) is 26.0 Å². The lowest BCUT2D eigenvalue weighted by molar-refractivity contribution is -0.149. The molecular weight excluding hydrogens is 372 g/mol. The van der Waals surface area contributed by atoms with Crippen LogP contribution in [0.5, 0.6) is 0 Å². The van der Waals surface area contributed by atoms with Gasteiger partial charge in [0.2, 0.25) is 10.0 Å². The molecule has 1 fully saturated rings. The van der Waals surface area contributed by atoms with Crippen LogP contribution in [0.3, 0.4) is 0 Å². The first-order chi connectivity index (χ1) is 12.8. The molecule has 0 saturated carbocycles. The molecule has 1 aromatic rings. The molecule has 0 aliphatic carbocycles. The molecule has 1 amide bonds. The van der Waals surface area contributed by atoms with E-state index in [4.69, 9.17) is 4.74 Å². The Morgan fingerprint density at radius 2 is 1.78 bits per heavy atom. The van der Waals surface area contributed by atoms with Gasteiger partial charge < -0.3 is 15.2 Å². The van der Waals surface area contributed by atoms with Crippen molar-refractivity contribution >= 4 is 21.9 Å². The predicted molar refractivity (Wildman–Crippen MR) is 99.0 cm³/mol. The van der Waals surface area contributed by atoms with Crippen LogP contribution in [0.15, 0.2) is 29.2 Å². The number of aliphatic carboxylic acids is 1. The molecule has 1 aliphatic rings. The third-order valence-electron chi connectivity index (χ3n) is 5.11. The normalized spacial score (nSPS) is 16.1. The van der Waals surface area contributed by atoms with Crippen molar-refractivity contribution in [1.82, 2.24) is 9.62 Å². The fourth-order valence-electron chi connectivity index (χ4n) is 3.03. The van der Waals surface area contributed by atoms with Crippen LogP contribution >= 0.6 is 0 Å². The van der Waals surface area contributed by atoms with Crippen molar-refractivity contribution in [1.29, 1.82) is 0 Å². The molecule has 1 aliphatic heterocycles. The summed E-state index contributed by atoms with van der Waals surface area (Å²) >= 11 is 0. The van der Waals surface area contributed by atoms with Crippen molar-refractivity contribution in [3.8, 4) is 0 Å². The Balaban J connectivity index is 2.26. The number of carbonyl (C=O) groups excluding carboxylic acids is 1. The van der Waals surface area contributed by atoms with Gasteiger partial charge in [0, 0.05) is 19.6 Å². The lowest BCUT2D eigenvalue weighted by Crippen LogP contribution is -2.43. The zero-order valence-corrected chi connectivity index (χ0v) is 16.4. The van der Waals surface area contributed by atoms with Gasteiger partial charge >= 0.3 is 5.97 Å². The maximum Gasteiger partial charge on any atom is 0.311 e. The minimum absolute atomic E-state index is 0.00971. The van der Waals surface area contributed by atoms with Gasteiger partial charge in [0.1, 0.15) is 0 Å². The van der Waals surface area contributed by atoms with Crippen LogP contribution in [-0.2, 0) is 19.6 Å². The number of sulfonamides is 1. The highest BCUT2D eigenvalue weighted by Crippen LogP contribution is 2.26. The zero-order valence-electron chi connectivity index (χ0n) is 15.6. The second kappa shape index (κ2) is 8.81. The number of carboxylic acid groups (broad SMARTS) is 1. The number of morpholine rings is 1. The van der Waals surface area contributed by atoms with Gasteiger partial charge in [0.15, 0.2) is 0 Å². The number of ether oxygens (including phenoxy) is 1. The highest BCUT2D eigenvalue weighted by molar-refractivity contribution is 7.89. The molecule has 0 radical (unpaired) electrons. The van der Waals surface area contributed by atoms with Crippen molar-refractivity contribution in [2.75, 3.05) is 32.8 Å². The first kappa shape index (κ1) is 21.3. The third-order valence-corrected chi connectivity index (χ3v) is 7.07. The molecule has 0 spiro atoms. The molecule has 150 valence electrons. The molecule has 1 heterocycles. The molecule has 0 aromatic heterocycles. The monoisotopic (exact) mass is 398 g/mol. The number of rotatable bonds is 8. The van der Waals surface area contributed by atoms with Crippen LogP contribution in [0.1, 0.15) is 37.0 Å². The number of benzene rings is 1. The SMILES string of the molecule is CCC(CC)(CNC(=O)c1ccccc1S(=O)(=O)N1CCOCC1)C(=O)O. The van der Waals surface area contributed by atoms with E-state index in [0.29, 0.717) is 26.1 Å². The lowest BCUT2D eigenvalue weighted by Gasteiger charge is -2.28. The quantitative estimate of drug-likeness (QED) is 0.683. The number of nitrogens with zero attached hydrogens (tertiary/aromatic N) is 1. The summed E-state index contributed by atoms with van der Waals surface area (Å²) in [6.07, 6.45) is 0.708. The first-order valence-electron chi connectivity index (χ1n) is 8.97. The summed E-state index contributed by atoms with van der Waals surface area (Å²) in [5.41, 5.74) is -1.07. The molecule has 1 aromatic carbocycles. The summed E-state index contributed by atoms with van der Waals surface area (Å²) in [6.45, 7) is 4.50. The molecule has 0 unspecified atom stereocenters. The van der Waals surface area contributed by atoms with E-state index in [9.17, 15) is 23.1 Å². The number of hydrogen-bond acceptors (Lipinski definition) is 5. The summed E-state index contributed by atoms with van der Waals surface area (Å²) in [7, 11) is -3.84. The van der Waals surface area contributed by atoms with E-state index in [-0.39, 0.29) is 30.1 Å². The van der Waals surface area contributed by atoms with Gasteiger partial charge in [-0.15, -0.1) is 0 Å². The molecule has 2 N–H and O–H groups in total. The van der Waals surface area contributed by atoms with Crippen molar-refractivity contribution in [3.63, 3.8) is 0 Å².